The van der Waals surface area contributed by atoms with Crippen molar-refractivity contribution in [3.63, 3.8) is 0 Å². The van der Waals surface area contributed by atoms with Crippen LogP contribution in [0.2, 0.25) is 0 Å². The van der Waals surface area contributed by atoms with Crippen LogP contribution in [0.3, 0.4) is 0 Å². The van der Waals surface area contributed by atoms with Crippen molar-refractivity contribution in [2.24, 2.45) is 10.6 Å². The molecule has 0 unspecified atom stereocenters. The van der Waals surface area contributed by atoms with Crippen molar-refractivity contribution in [2.75, 3.05) is 29.3 Å². The number of carbonyl (C=O) groups excluding carboxylic acids is 1. The highest BCUT2D eigenvalue weighted by molar-refractivity contribution is 7.90. The Hall–Kier alpha value is -2.78. The number of rotatable bonds is 9. The summed E-state index contributed by atoms with van der Waals surface area (Å²) in [6.07, 6.45) is 2.48. The van der Waals surface area contributed by atoms with Crippen LogP contribution in [0.4, 0.5) is 11.4 Å². The molecule has 9 heteroatoms. The first-order chi connectivity index (χ1) is 15.8. The Labute approximate surface area is 202 Å². The molecule has 0 fully saturated rings. The Bertz CT molecular complexity index is 1190. The third-order valence-corrected chi connectivity index (χ3v) is 6.93. The fraction of sp³-hybridized carbons (Fsp3) is 0.480. The van der Waals surface area contributed by atoms with Gasteiger partial charge in [-0.25, -0.2) is 5.14 Å². The third-order valence-electron chi connectivity index (χ3n) is 6.44. The van der Waals surface area contributed by atoms with Crippen LogP contribution in [0.25, 0.3) is 0 Å². The second-order valence-electron chi connectivity index (χ2n) is 9.86. The van der Waals surface area contributed by atoms with E-state index in [-0.39, 0.29) is 22.6 Å². The molecule has 0 saturated heterocycles. The van der Waals surface area contributed by atoms with E-state index in [4.69, 9.17) is 5.14 Å². The maximum atomic E-state index is 12.6. The maximum absolute atomic E-state index is 12.6. The summed E-state index contributed by atoms with van der Waals surface area (Å²) >= 11 is 0. The predicted molar refractivity (Wildman–Crippen MR) is 137 cm³/mol. The number of carbonyl (C=O) groups is 1. The van der Waals surface area contributed by atoms with Crippen molar-refractivity contribution in [1.82, 2.24) is 5.32 Å². The average Bonchev–Trinajstić information content (AvgIpc) is 3.16. The van der Waals surface area contributed by atoms with Crippen molar-refractivity contribution < 1.29 is 18.3 Å². The second kappa shape index (κ2) is 9.84. The van der Waals surface area contributed by atoms with E-state index < -0.39 is 10.2 Å². The molecular formula is C25H36N4O4S. The number of nitrogens with zero attached hydrogens (tertiary/aromatic N) is 1. The summed E-state index contributed by atoms with van der Waals surface area (Å²) < 4.78 is 26.3. The van der Waals surface area contributed by atoms with Crippen LogP contribution in [0.5, 0.6) is 5.75 Å². The van der Waals surface area contributed by atoms with Crippen LogP contribution in [-0.2, 0) is 23.1 Å². The van der Waals surface area contributed by atoms with Gasteiger partial charge in [0, 0.05) is 25.3 Å². The van der Waals surface area contributed by atoms with Crippen molar-refractivity contribution in [1.29, 1.82) is 0 Å². The van der Waals surface area contributed by atoms with Gasteiger partial charge in [0.2, 0.25) is 0 Å². The van der Waals surface area contributed by atoms with Crippen molar-refractivity contribution in [3.05, 3.63) is 52.1 Å². The lowest BCUT2D eigenvalue weighted by Gasteiger charge is -2.31. The number of aromatic hydroxyl groups is 1. The lowest BCUT2D eigenvalue weighted by atomic mass is 9.81. The number of benzene rings is 2. The smallest absolute Gasteiger partial charge is 0.296 e. The molecule has 2 aromatic carbocycles. The van der Waals surface area contributed by atoms with E-state index >= 15 is 0 Å². The van der Waals surface area contributed by atoms with Crippen LogP contribution in [0, 0.1) is 19.3 Å². The summed E-state index contributed by atoms with van der Waals surface area (Å²) in [4.78, 5) is 15.0. The molecule has 0 bridgehead atoms. The van der Waals surface area contributed by atoms with Gasteiger partial charge in [-0.1, -0.05) is 32.9 Å². The van der Waals surface area contributed by atoms with E-state index in [1.54, 1.807) is 18.2 Å². The van der Waals surface area contributed by atoms with Gasteiger partial charge in [-0.3, -0.25) is 9.52 Å². The third kappa shape index (κ3) is 5.64. The van der Waals surface area contributed by atoms with Gasteiger partial charge in [-0.15, -0.1) is 0 Å². The largest absolute Gasteiger partial charge is 0.507 e. The summed E-state index contributed by atoms with van der Waals surface area (Å²) in [5.41, 5.74) is 5.60. The molecule has 1 amide bonds. The highest BCUT2D eigenvalue weighted by Gasteiger charge is 2.32. The first-order valence-corrected chi connectivity index (χ1v) is 13.2. The van der Waals surface area contributed by atoms with E-state index in [9.17, 15) is 18.3 Å². The number of amides is 1. The Morgan fingerprint density at radius 2 is 1.88 bits per heavy atom. The molecular weight excluding hydrogens is 452 g/mol. The van der Waals surface area contributed by atoms with Gasteiger partial charge in [0.15, 0.2) is 0 Å². The molecule has 0 radical (unpaired) electrons. The predicted octanol–water partition coefficient (Wildman–Crippen LogP) is 3.40. The quantitative estimate of drug-likeness (QED) is 0.431. The van der Waals surface area contributed by atoms with E-state index in [0.717, 1.165) is 48.2 Å². The molecule has 5 N–H and O–H groups in total. The molecule has 186 valence electrons. The molecule has 0 aromatic heterocycles. The van der Waals surface area contributed by atoms with Gasteiger partial charge < -0.3 is 15.3 Å². The number of hydrogen-bond acceptors (Lipinski definition) is 5. The lowest BCUT2D eigenvalue weighted by molar-refractivity contribution is 0.0933. The number of anilines is 2. The van der Waals surface area contributed by atoms with Gasteiger partial charge in [-0.2, -0.15) is 8.42 Å². The van der Waals surface area contributed by atoms with E-state index in [1.807, 2.05) is 13.8 Å². The number of hydrogen-bond donors (Lipinski definition) is 4. The topological polar surface area (TPSA) is 125 Å². The average molecular weight is 489 g/mol. The molecule has 1 aliphatic heterocycles. The number of phenolic OH excluding ortho intramolecular Hbond substituents is 1. The highest BCUT2D eigenvalue weighted by Crippen LogP contribution is 2.43. The van der Waals surface area contributed by atoms with Crippen LogP contribution in [0.15, 0.2) is 24.3 Å². The minimum atomic E-state index is -3.92. The summed E-state index contributed by atoms with van der Waals surface area (Å²) in [6, 6.07) is 6.46. The molecule has 0 atom stereocenters. The Kier molecular flexibility index (Phi) is 7.47. The summed E-state index contributed by atoms with van der Waals surface area (Å²) in [5, 5.41) is 18.3. The zero-order chi connectivity index (χ0) is 25.3. The number of fused-ring (bicyclic) bond motifs is 1. The Balaban J connectivity index is 1.95. The van der Waals surface area contributed by atoms with Gasteiger partial charge in [0.1, 0.15) is 5.75 Å². The molecule has 3 rings (SSSR count). The Morgan fingerprint density at radius 3 is 2.50 bits per heavy atom. The molecule has 2 aromatic rings. The molecule has 0 spiro atoms. The number of nitrogens with one attached hydrogen (secondary N) is 2. The SMILES string of the molecule is CCCN1CCc2c(C)c(NS(N)(=O)=O)c(C)c(CC(C)(C)CNC(=O)c3ccccc3O)c21. The summed E-state index contributed by atoms with van der Waals surface area (Å²) in [5.74, 6) is -0.389. The number of para-hydroxylation sites is 1. The van der Waals surface area contributed by atoms with Crippen LogP contribution in [-0.4, -0.2) is 39.1 Å². The number of phenols is 1. The van der Waals surface area contributed by atoms with Crippen molar-refractivity contribution >= 4 is 27.5 Å². The molecule has 1 aliphatic rings. The fourth-order valence-corrected chi connectivity index (χ4v) is 5.38. The van der Waals surface area contributed by atoms with Crippen LogP contribution < -0.4 is 20.1 Å². The standard InChI is InChI=1S/C25H36N4O4S/c1-6-12-29-13-11-18-16(2)22(28-34(26,32)33)17(3)20(23(18)29)14-25(4,5)15-27-24(31)19-9-7-8-10-21(19)30/h7-10,28,30H,6,11-15H2,1-5H3,(H,27,31)(H2,26,32,33). The molecule has 8 nitrogen and oxygen atoms in total. The lowest BCUT2D eigenvalue weighted by Crippen LogP contribution is -2.36. The Morgan fingerprint density at radius 1 is 1.21 bits per heavy atom. The van der Waals surface area contributed by atoms with Gasteiger partial charge in [0.25, 0.3) is 16.1 Å². The zero-order valence-electron chi connectivity index (χ0n) is 20.7. The van der Waals surface area contributed by atoms with Crippen molar-refractivity contribution in [2.45, 2.75) is 53.9 Å². The van der Waals surface area contributed by atoms with Gasteiger partial charge >= 0.3 is 0 Å². The van der Waals surface area contributed by atoms with Gasteiger partial charge in [0.05, 0.1) is 11.3 Å². The van der Waals surface area contributed by atoms with Gasteiger partial charge in [-0.05, 0) is 72.9 Å². The van der Waals surface area contributed by atoms with Crippen LogP contribution >= 0.6 is 0 Å². The minimum Gasteiger partial charge on any atom is -0.507 e. The highest BCUT2D eigenvalue weighted by atomic mass is 32.2. The molecule has 1 heterocycles. The minimum absolute atomic E-state index is 0.0566. The zero-order valence-corrected chi connectivity index (χ0v) is 21.5. The number of nitrogens with two attached hydrogens (primary N) is 1. The molecule has 34 heavy (non-hydrogen) atoms. The first-order valence-electron chi connectivity index (χ1n) is 11.6. The fourth-order valence-electron chi connectivity index (χ4n) is 4.79. The van der Waals surface area contributed by atoms with Crippen LogP contribution in [0.1, 0.15) is 59.8 Å². The normalized spacial score (nSPS) is 13.6. The second-order valence-corrected chi connectivity index (χ2v) is 11.1. The monoisotopic (exact) mass is 488 g/mol. The molecule has 0 saturated carbocycles. The summed E-state index contributed by atoms with van der Waals surface area (Å²) in [7, 11) is -3.92. The first kappa shape index (κ1) is 25.8. The molecule has 0 aliphatic carbocycles. The van der Waals surface area contributed by atoms with E-state index in [0.29, 0.717) is 18.7 Å². The van der Waals surface area contributed by atoms with Crippen molar-refractivity contribution in [3.8, 4) is 5.75 Å². The van der Waals surface area contributed by atoms with E-state index in [2.05, 4.69) is 35.7 Å². The maximum Gasteiger partial charge on any atom is 0.296 e. The summed E-state index contributed by atoms with van der Waals surface area (Å²) in [6.45, 7) is 12.3. The van der Waals surface area contributed by atoms with E-state index in [1.165, 1.54) is 11.8 Å².